The third-order valence-electron chi connectivity index (χ3n) is 2.57. The van der Waals surface area contributed by atoms with Gasteiger partial charge in [-0.1, -0.05) is 11.8 Å². The molecule has 0 saturated carbocycles. The average Bonchev–Trinajstić information content (AvgIpc) is 2.47. The first-order chi connectivity index (χ1) is 10.0. The Morgan fingerprint density at radius 1 is 0.952 bits per heavy atom. The van der Waals surface area contributed by atoms with Crippen LogP contribution in [-0.2, 0) is 0 Å². The average molecular weight is 301 g/mol. The van der Waals surface area contributed by atoms with E-state index in [0.717, 1.165) is 0 Å². The zero-order chi connectivity index (χ0) is 15.4. The van der Waals surface area contributed by atoms with Gasteiger partial charge in [0.05, 0.1) is 9.85 Å². The monoisotopic (exact) mass is 301 g/mol. The molecule has 104 valence electrons. The second-order valence-corrected chi connectivity index (χ2v) is 5.05. The highest BCUT2D eigenvalue weighted by Gasteiger charge is 2.15. The summed E-state index contributed by atoms with van der Waals surface area (Å²) in [6.07, 6.45) is 0. The van der Waals surface area contributed by atoms with Crippen molar-refractivity contribution in [3.8, 4) is 6.07 Å². The van der Waals surface area contributed by atoms with E-state index in [2.05, 4.69) is 0 Å². The maximum Gasteiger partial charge on any atom is 0.288 e. The summed E-state index contributed by atoms with van der Waals surface area (Å²) < 4.78 is 0. The summed E-state index contributed by atoms with van der Waals surface area (Å²) in [5.41, 5.74) is -0.289. The largest absolute Gasteiger partial charge is 0.288 e. The topological polar surface area (TPSA) is 110 Å². The molecule has 0 bridgehead atoms. The molecular weight excluding hydrogens is 294 g/mol. The molecule has 2 rings (SSSR count). The van der Waals surface area contributed by atoms with Gasteiger partial charge in [0.2, 0.25) is 0 Å². The number of benzene rings is 2. The van der Waals surface area contributed by atoms with E-state index in [1.807, 2.05) is 0 Å². The van der Waals surface area contributed by atoms with Gasteiger partial charge in [-0.25, -0.2) is 0 Å². The van der Waals surface area contributed by atoms with Gasteiger partial charge in [-0.2, -0.15) is 5.26 Å². The number of nitro groups is 2. The number of non-ortho nitro benzene ring substituents is 1. The zero-order valence-corrected chi connectivity index (χ0v) is 11.2. The van der Waals surface area contributed by atoms with E-state index in [1.54, 1.807) is 24.3 Å². The predicted octanol–water partition coefficient (Wildman–Crippen LogP) is 3.53. The van der Waals surface area contributed by atoms with Crippen LogP contribution in [0.2, 0.25) is 0 Å². The van der Waals surface area contributed by atoms with Crippen molar-refractivity contribution in [1.29, 1.82) is 5.26 Å². The van der Waals surface area contributed by atoms with Gasteiger partial charge >= 0.3 is 0 Å². The standard InChI is InChI=1S/C13H7N3O4S/c14-8-9-1-4-12(7-13(9)16(19)20)21-11-5-2-10(3-6-11)15(17)18/h1-7H. The number of rotatable bonds is 4. The molecule has 0 amide bonds. The lowest BCUT2D eigenvalue weighted by Gasteiger charge is -2.02. The van der Waals surface area contributed by atoms with Crippen molar-refractivity contribution in [3.05, 3.63) is 68.3 Å². The molecule has 0 radical (unpaired) electrons. The highest BCUT2D eigenvalue weighted by Crippen LogP contribution is 2.32. The van der Waals surface area contributed by atoms with Gasteiger partial charge in [0, 0.05) is 28.0 Å². The summed E-state index contributed by atoms with van der Waals surface area (Å²) in [7, 11) is 0. The highest BCUT2D eigenvalue weighted by molar-refractivity contribution is 7.99. The number of nitrogens with zero attached hydrogens (tertiary/aromatic N) is 3. The van der Waals surface area contributed by atoms with Crippen LogP contribution in [-0.4, -0.2) is 9.85 Å². The van der Waals surface area contributed by atoms with Crippen molar-refractivity contribution in [2.45, 2.75) is 9.79 Å². The normalized spacial score (nSPS) is 9.86. The minimum atomic E-state index is -0.613. The first-order valence-electron chi connectivity index (χ1n) is 5.62. The van der Waals surface area contributed by atoms with E-state index in [4.69, 9.17) is 5.26 Å². The van der Waals surface area contributed by atoms with Gasteiger partial charge in [0.25, 0.3) is 11.4 Å². The lowest BCUT2D eigenvalue weighted by molar-refractivity contribution is -0.385. The smallest absolute Gasteiger partial charge is 0.258 e. The van der Waals surface area contributed by atoms with E-state index in [1.165, 1.54) is 36.0 Å². The molecule has 0 unspecified atom stereocenters. The van der Waals surface area contributed by atoms with E-state index in [9.17, 15) is 20.2 Å². The highest BCUT2D eigenvalue weighted by atomic mass is 32.2. The van der Waals surface area contributed by atoms with Crippen LogP contribution >= 0.6 is 11.8 Å². The number of nitro benzene ring substituents is 2. The fourth-order valence-electron chi connectivity index (χ4n) is 1.59. The molecule has 8 heteroatoms. The molecule has 7 nitrogen and oxygen atoms in total. The van der Waals surface area contributed by atoms with E-state index in [-0.39, 0.29) is 16.9 Å². The Balaban J connectivity index is 2.27. The van der Waals surface area contributed by atoms with Crippen LogP contribution in [0.25, 0.3) is 0 Å². The molecule has 2 aromatic rings. The van der Waals surface area contributed by atoms with E-state index >= 15 is 0 Å². The summed E-state index contributed by atoms with van der Waals surface area (Å²) in [6, 6.07) is 11.9. The second kappa shape index (κ2) is 6.02. The molecule has 0 heterocycles. The SMILES string of the molecule is N#Cc1ccc(Sc2ccc([N+](=O)[O-])cc2)cc1[N+](=O)[O-]. The Bertz CT molecular complexity index is 753. The van der Waals surface area contributed by atoms with Crippen LogP contribution in [0.4, 0.5) is 11.4 Å². The molecule has 0 atom stereocenters. The molecule has 0 N–H and O–H groups in total. The van der Waals surface area contributed by atoms with Crippen molar-refractivity contribution < 1.29 is 9.85 Å². The Morgan fingerprint density at radius 2 is 1.57 bits per heavy atom. The Hall–Kier alpha value is -2.92. The number of nitriles is 1. The summed E-state index contributed by atoms with van der Waals surface area (Å²) in [6.45, 7) is 0. The van der Waals surface area contributed by atoms with Crippen LogP contribution in [0.3, 0.4) is 0 Å². The third-order valence-corrected chi connectivity index (χ3v) is 3.57. The number of hydrogen-bond acceptors (Lipinski definition) is 6. The molecule has 21 heavy (non-hydrogen) atoms. The summed E-state index contributed by atoms with van der Waals surface area (Å²) in [5, 5.41) is 30.2. The second-order valence-electron chi connectivity index (χ2n) is 3.90. The molecule has 0 aromatic heterocycles. The van der Waals surface area contributed by atoms with Crippen molar-refractivity contribution in [3.63, 3.8) is 0 Å². The maximum absolute atomic E-state index is 10.9. The van der Waals surface area contributed by atoms with Crippen LogP contribution in [0.15, 0.2) is 52.3 Å². The third kappa shape index (κ3) is 3.34. The summed E-state index contributed by atoms with van der Waals surface area (Å²) in [4.78, 5) is 21.6. The predicted molar refractivity (Wildman–Crippen MR) is 75.0 cm³/mol. The first kappa shape index (κ1) is 14.5. The van der Waals surface area contributed by atoms with Crippen molar-refractivity contribution in [1.82, 2.24) is 0 Å². The zero-order valence-electron chi connectivity index (χ0n) is 10.4. The number of hydrogen-bond donors (Lipinski definition) is 0. The molecule has 0 aliphatic heterocycles. The first-order valence-corrected chi connectivity index (χ1v) is 6.44. The molecular formula is C13H7N3O4S. The minimum Gasteiger partial charge on any atom is -0.258 e. The molecule has 0 saturated heterocycles. The molecule has 0 fully saturated rings. The quantitative estimate of drug-likeness (QED) is 0.631. The minimum absolute atomic E-state index is 0.00644. The van der Waals surface area contributed by atoms with Crippen LogP contribution < -0.4 is 0 Å². The Morgan fingerprint density at radius 3 is 2.10 bits per heavy atom. The van der Waals surface area contributed by atoms with E-state index in [0.29, 0.717) is 9.79 Å². The van der Waals surface area contributed by atoms with Crippen LogP contribution in [0, 0.1) is 31.6 Å². The van der Waals surface area contributed by atoms with Gasteiger partial charge < -0.3 is 0 Å². The summed E-state index contributed by atoms with van der Waals surface area (Å²) in [5.74, 6) is 0. The molecule has 2 aromatic carbocycles. The van der Waals surface area contributed by atoms with Crippen LogP contribution in [0.5, 0.6) is 0 Å². The Kier molecular flexibility index (Phi) is 4.15. The Labute approximate surface area is 123 Å². The molecule has 0 spiro atoms. The summed E-state index contributed by atoms with van der Waals surface area (Å²) >= 11 is 1.22. The lowest BCUT2D eigenvalue weighted by atomic mass is 10.2. The fraction of sp³-hybridized carbons (Fsp3) is 0. The van der Waals surface area contributed by atoms with Gasteiger partial charge in [0.15, 0.2) is 0 Å². The van der Waals surface area contributed by atoms with Gasteiger partial charge in [-0.15, -0.1) is 0 Å². The van der Waals surface area contributed by atoms with Crippen LogP contribution in [0.1, 0.15) is 5.56 Å². The van der Waals surface area contributed by atoms with Gasteiger partial charge in [-0.05, 0) is 24.3 Å². The maximum atomic E-state index is 10.9. The molecule has 0 aliphatic rings. The van der Waals surface area contributed by atoms with Gasteiger partial charge in [-0.3, -0.25) is 20.2 Å². The van der Waals surface area contributed by atoms with Crippen molar-refractivity contribution >= 4 is 23.1 Å². The fourth-order valence-corrected chi connectivity index (χ4v) is 2.44. The lowest BCUT2D eigenvalue weighted by Crippen LogP contribution is -1.92. The van der Waals surface area contributed by atoms with E-state index < -0.39 is 9.85 Å². The van der Waals surface area contributed by atoms with Crippen molar-refractivity contribution in [2.24, 2.45) is 0 Å². The molecule has 0 aliphatic carbocycles. The van der Waals surface area contributed by atoms with Gasteiger partial charge in [0.1, 0.15) is 11.6 Å². The van der Waals surface area contributed by atoms with Crippen molar-refractivity contribution in [2.75, 3.05) is 0 Å².